The van der Waals surface area contributed by atoms with Crippen LogP contribution in [-0.4, -0.2) is 11.7 Å². The van der Waals surface area contributed by atoms with E-state index in [9.17, 15) is 0 Å². The van der Waals surface area contributed by atoms with Crippen molar-refractivity contribution in [2.24, 2.45) is 0 Å². The normalized spacial score (nSPS) is 17.6. The Bertz CT molecular complexity index is 208. The molecule has 0 bridgehead atoms. The van der Waals surface area contributed by atoms with E-state index in [0.717, 1.165) is 5.56 Å². The first-order valence-electron chi connectivity index (χ1n) is 3.95. The smallest absolute Gasteiger partial charge is 0.0570 e. The summed E-state index contributed by atoms with van der Waals surface area (Å²) in [6.07, 6.45) is 0. The van der Waals surface area contributed by atoms with Crippen LogP contribution < -0.4 is 0 Å². The van der Waals surface area contributed by atoms with Crippen molar-refractivity contribution < 1.29 is 6.48 Å². The highest BCUT2D eigenvalue weighted by atomic mass is 16.3. The molecular formula is C9H12O. The van der Waals surface area contributed by atoms with Crippen LogP contribution >= 0.6 is 0 Å². The van der Waals surface area contributed by atoms with Gasteiger partial charge in [0.15, 0.2) is 0 Å². The predicted octanol–water partition coefficient (Wildman–Crippen LogP) is 1.78. The first-order chi connectivity index (χ1) is 5.22. The van der Waals surface area contributed by atoms with Crippen molar-refractivity contribution in [2.75, 3.05) is 6.58 Å². The predicted molar refractivity (Wildman–Crippen MR) is 41.9 cm³/mol. The van der Waals surface area contributed by atoms with Gasteiger partial charge in [0.1, 0.15) is 0 Å². The Morgan fingerprint density at radius 3 is 2.60 bits per heavy atom. The quantitative estimate of drug-likeness (QED) is 0.658. The maximum absolute atomic E-state index is 8.94. The Morgan fingerprint density at radius 1 is 1.50 bits per heavy atom. The molecule has 0 aliphatic heterocycles. The van der Waals surface area contributed by atoms with Crippen LogP contribution in [0.4, 0.5) is 0 Å². The molecule has 10 heavy (non-hydrogen) atoms. The highest BCUT2D eigenvalue weighted by Crippen LogP contribution is 2.12. The van der Waals surface area contributed by atoms with Gasteiger partial charge in [0.05, 0.1) is 1.37 Å². The Kier molecular flexibility index (Phi) is 2.00. The van der Waals surface area contributed by atoms with Crippen LogP contribution in [0.5, 0.6) is 0 Å². The molecule has 1 aromatic rings. The van der Waals surface area contributed by atoms with Crippen molar-refractivity contribution in [3.05, 3.63) is 35.9 Å². The van der Waals surface area contributed by atoms with E-state index in [2.05, 4.69) is 0 Å². The van der Waals surface area contributed by atoms with E-state index >= 15 is 0 Å². The van der Waals surface area contributed by atoms with Gasteiger partial charge in [-0.2, -0.15) is 0 Å². The first-order valence-corrected chi connectivity index (χ1v) is 3.37. The van der Waals surface area contributed by atoms with Crippen molar-refractivity contribution >= 4 is 0 Å². The zero-order valence-electron chi connectivity index (χ0n) is 6.99. The molecule has 0 heterocycles. The molecule has 0 aromatic heterocycles. The highest BCUT2D eigenvalue weighted by Gasteiger charge is 2.00. The molecule has 1 heteroatoms. The summed E-state index contributed by atoms with van der Waals surface area (Å²) in [5.41, 5.74) is 1.01. The summed E-state index contributed by atoms with van der Waals surface area (Å²) >= 11 is 0. The number of hydrogen-bond acceptors (Lipinski definition) is 1. The Hall–Kier alpha value is -0.820. The zero-order valence-corrected chi connectivity index (χ0v) is 5.99. The van der Waals surface area contributed by atoms with E-state index in [4.69, 9.17) is 6.48 Å². The lowest BCUT2D eigenvalue weighted by Crippen LogP contribution is -1.97. The van der Waals surface area contributed by atoms with E-state index in [-0.39, 0.29) is 5.92 Å². The molecule has 0 aliphatic carbocycles. The minimum absolute atomic E-state index is 0.101. The monoisotopic (exact) mass is 137 g/mol. The van der Waals surface area contributed by atoms with Gasteiger partial charge in [-0.15, -0.1) is 0 Å². The average Bonchev–Trinajstić information content (AvgIpc) is 2.05. The minimum Gasteiger partial charge on any atom is -0.396 e. The van der Waals surface area contributed by atoms with Crippen molar-refractivity contribution in [3.63, 3.8) is 0 Å². The van der Waals surface area contributed by atoms with Crippen molar-refractivity contribution in [3.8, 4) is 0 Å². The molecule has 0 radical (unpaired) electrons. The molecule has 1 aromatic carbocycles. The number of rotatable bonds is 2. The van der Waals surface area contributed by atoms with Crippen LogP contribution in [0.2, 0.25) is 0 Å². The Morgan fingerprint density at radius 2 is 2.10 bits per heavy atom. The van der Waals surface area contributed by atoms with Gasteiger partial charge in [-0.1, -0.05) is 37.3 Å². The molecule has 54 valence electrons. The maximum atomic E-state index is 8.94. The van der Waals surface area contributed by atoms with Gasteiger partial charge in [-0.3, -0.25) is 0 Å². The lowest BCUT2D eigenvalue weighted by atomic mass is 10.0. The summed E-state index contributed by atoms with van der Waals surface area (Å²) in [7, 11) is 0. The van der Waals surface area contributed by atoms with Crippen molar-refractivity contribution in [1.82, 2.24) is 0 Å². The summed E-state index contributed by atoms with van der Waals surface area (Å²) in [6.45, 7) is 0.824. The van der Waals surface area contributed by atoms with Crippen LogP contribution in [-0.2, 0) is 0 Å². The molecule has 1 N–H and O–H groups in total. The third-order valence-corrected chi connectivity index (χ3v) is 1.55. The van der Waals surface area contributed by atoms with E-state index in [1.54, 1.807) is 0 Å². The molecular weight excluding hydrogens is 124 g/mol. The first kappa shape index (κ1) is 5.93. The van der Waals surface area contributed by atoms with Gasteiger partial charge in [-0.05, 0) is 5.56 Å². The van der Waals surface area contributed by atoms with E-state index in [1.165, 1.54) is 0 Å². The molecule has 2 atom stereocenters. The molecule has 0 fully saturated rings. The minimum atomic E-state index is -1.02. The van der Waals surface area contributed by atoms with Crippen LogP contribution in [0.25, 0.3) is 0 Å². The number of aliphatic hydroxyl groups is 1. The summed E-state index contributed by atoms with van der Waals surface area (Å²) in [6, 6.07) is 9.58. The highest BCUT2D eigenvalue weighted by molar-refractivity contribution is 5.18. The lowest BCUT2D eigenvalue weighted by Gasteiger charge is -2.05. The Labute approximate surface area is 62.7 Å². The largest absolute Gasteiger partial charge is 0.396 e. The fourth-order valence-electron chi connectivity index (χ4n) is 0.843. The lowest BCUT2D eigenvalue weighted by molar-refractivity contribution is 0.273. The zero-order chi connectivity index (χ0) is 8.27. The third kappa shape index (κ3) is 1.58. The summed E-state index contributed by atoms with van der Waals surface area (Å²) in [5, 5.41) is 8.94. The molecule has 1 nitrogen and oxygen atoms in total. The number of benzene rings is 1. The maximum Gasteiger partial charge on any atom is 0.0570 e. The SMILES string of the molecule is [2H][C@H](O)[C@H](C)c1ccccc1. The van der Waals surface area contributed by atoms with Crippen molar-refractivity contribution in [1.29, 1.82) is 0 Å². The van der Waals surface area contributed by atoms with Gasteiger partial charge in [0.25, 0.3) is 0 Å². The summed E-state index contributed by atoms with van der Waals surface area (Å²) in [4.78, 5) is 0. The molecule has 1 rings (SSSR count). The standard InChI is InChI=1S/C9H12O/c1-8(7-10)9-5-3-2-4-6-9/h2-6,8,10H,7H2,1H3/t8-/m0/s1/i7D/t7-,8-. The second-order valence-electron chi connectivity index (χ2n) is 2.35. The van der Waals surface area contributed by atoms with E-state index in [1.807, 2.05) is 37.3 Å². The van der Waals surface area contributed by atoms with Gasteiger partial charge < -0.3 is 5.11 Å². The van der Waals surface area contributed by atoms with Gasteiger partial charge in [0.2, 0.25) is 0 Å². The third-order valence-electron chi connectivity index (χ3n) is 1.55. The Balaban J connectivity index is 2.77. The molecule has 0 aliphatic rings. The van der Waals surface area contributed by atoms with E-state index in [0.29, 0.717) is 0 Å². The topological polar surface area (TPSA) is 20.2 Å². The van der Waals surface area contributed by atoms with Gasteiger partial charge >= 0.3 is 0 Å². The van der Waals surface area contributed by atoms with Crippen LogP contribution in [0, 0.1) is 0 Å². The molecule has 0 saturated carbocycles. The molecule has 0 spiro atoms. The summed E-state index contributed by atoms with van der Waals surface area (Å²) < 4.78 is 7.08. The van der Waals surface area contributed by atoms with Gasteiger partial charge in [0, 0.05) is 12.5 Å². The molecule has 0 saturated heterocycles. The second-order valence-corrected chi connectivity index (χ2v) is 2.35. The average molecular weight is 137 g/mol. The van der Waals surface area contributed by atoms with Gasteiger partial charge in [-0.25, -0.2) is 0 Å². The summed E-state index contributed by atoms with van der Waals surface area (Å²) in [5.74, 6) is -0.101. The number of hydrogen-bond donors (Lipinski definition) is 1. The van der Waals surface area contributed by atoms with Crippen molar-refractivity contribution in [2.45, 2.75) is 12.8 Å². The molecule has 0 amide bonds. The number of aliphatic hydroxyl groups excluding tert-OH is 1. The van der Waals surface area contributed by atoms with Crippen LogP contribution in [0.1, 0.15) is 19.8 Å². The molecule has 0 unspecified atom stereocenters. The fraction of sp³-hybridized carbons (Fsp3) is 0.333. The second kappa shape index (κ2) is 3.37. The van der Waals surface area contributed by atoms with Crippen LogP contribution in [0.15, 0.2) is 30.3 Å². The van der Waals surface area contributed by atoms with Crippen LogP contribution in [0.3, 0.4) is 0 Å². The van der Waals surface area contributed by atoms with E-state index < -0.39 is 6.58 Å². The fourth-order valence-corrected chi connectivity index (χ4v) is 0.843.